The van der Waals surface area contributed by atoms with Crippen molar-refractivity contribution in [3.05, 3.63) is 35.9 Å². The third-order valence-corrected chi connectivity index (χ3v) is 4.76. The van der Waals surface area contributed by atoms with Crippen LogP contribution in [0.2, 0.25) is 0 Å². The molecule has 1 atom stereocenters. The number of carboxylic acid groups (broad SMARTS) is 1. The first-order valence-corrected chi connectivity index (χ1v) is 7.72. The van der Waals surface area contributed by atoms with Gasteiger partial charge < -0.3 is 5.11 Å². The minimum Gasteiger partial charge on any atom is -0.480 e. The van der Waals surface area contributed by atoms with Gasteiger partial charge in [-0.15, -0.1) is 0 Å². The number of nitriles is 1. The van der Waals surface area contributed by atoms with Gasteiger partial charge in [0.25, 0.3) is 0 Å². The highest BCUT2D eigenvalue weighted by Crippen LogP contribution is 2.45. The van der Waals surface area contributed by atoms with E-state index in [0.29, 0.717) is 18.4 Å². The van der Waals surface area contributed by atoms with Crippen LogP contribution in [0.25, 0.3) is 0 Å². The normalized spacial score (nSPS) is 17.9. The van der Waals surface area contributed by atoms with Crippen LogP contribution in [-0.4, -0.2) is 25.2 Å². The summed E-state index contributed by atoms with van der Waals surface area (Å²) in [6, 6.07) is 8.71. The number of nitrogens with zero attached hydrogens (tertiary/aromatic N) is 1. The molecule has 0 aromatic heterocycles. The summed E-state index contributed by atoms with van der Waals surface area (Å²) in [4.78, 5) is 11.2. The molecule has 106 valence electrons. The fraction of sp³-hybridized carbons (Fsp3) is 0.385. The number of nitrogens with one attached hydrogen (secondary N) is 1. The molecule has 7 heteroatoms. The van der Waals surface area contributed by atoms with Gasteiger partial charge in [0.2, 0.25) is 10.0 Å². The summed E-state index contributed by atoms with van der Waals surface area (Å²) in [5.41, 5.74) is -0.489. The molecule has 2 rings (SSSR count). The van der Waals surface area contributed by atoms with Gasteiger partial charge in [-0.1, -0.05) is 30.3 Å². The van der Waals surface area contributed by atoms with E-state index in [2.05, 4.69) is 4.72 Å². The van der Waals surface area contributed by atoms with Crippen molar-refractivity contribution in [2.45, 2.75) is 18.9 Å². The van der Waals surface area contributed by atoms with Crippen molar-refractivity contribution in [2.24, 2.45) is 5.41 Å². The first kappa shape index (κ1) is 14.5. The Kier molecular flexibility index (Phi) is 3.79. The van der Waals surface area contributed by atoms with Crippen LogP contribution in [0.5, 0.6) is 0 Å². The fourth-order valence-electron chi connectivity index (χ4n) is 1.93. The van der Waals surface area contributed by atoms with Crippen molar-refractivity contribution in [3.63, 3.8) is 0 Å². The molecule has 0 bridgehead atoms. The van der Waals surface area contributed by atoms with Crippen LogP contribution in [0, 0.1) is 16.7 Å². The smallest absolute Gasteiger partial charge is 0.326 e. The Hall–Kier alpha value is -1.91. The third-order valence-electron chi connectivity index (χ3n) is 3.23. The minimum absolute atomic E-state index is 0.352. The average molecular weight is 294 g/mol. The topological polar surface area (TPSA) is 107 Å². The van der Waals surface area contributed by atoms with Crippen molar-refractivity contribution in [3.8, 4) is 6.07 Å². The first-order valence-electron chi connectivity index (χ1n) is 6.06. The number of carbonyl (C=O) groups is 1. The summed E-state index contributed by atoms with van der Waals surface area (Å²) in [7, 11) is -3.83. The van der Waals surface area contributed by atoms with E-state index < -0.39 is 27.4 Å². The van der Waals surface area contributed by atoms with E-state index in [-0.39, 0.29) is 5.75 Å². The number of aliphatic carboxylic acids is 1. The van der Waals surface area contributed by atoms with E-state index in [1.54, 1.807) is 30.3 Å². The highest BCUT2D eigenvalue weighted by molar-refractivity contribution is 7.89. The highest BCUT2D eigenvalue weighted by Gasteiger charge is 2.47. The summed E-state index contributed by atoms with van der Waals surface area (Å²) in [6.45, 7) is 0. The summed E-state index contributed by atoms with van der Waals surface area (Å²) in [5.74, 6) is -1.63. The molecule has 1 fully saturated rings. The Balaban J connectivity index is 2.17. The summed E-state index contributed by atoms with van der Waals surface area (Å²) < 4.78 is 26.2. The van der Waals surface area contributed by atoms with Crippen LogP contribution in [0.15, 0.2) is 30.3 Å². The lowest BCUT2D eigenvalue weighted by Gasteiger charge is -2.16. The van der Waals surface area contributed by atoms with Crippen LogP contribution >= 0.6 is 0 Å². The maximum atomic E-state index is 12.0. The lowest BCUT2D eigenvalue weighted by atomic mass is 10.1. The number of rotatable bonds is 6. The Morgan fingerprint density at radius 2 is 2.00 bits per heavy atom. The Labute approximate surface area is 117 Å². The molecule has 0 heterocycles. The van der Waals surface area contributed by atoms with Gasteiger partial charge in [-0.3, -0.25) is 4.79 Å². The van der Waals surface area contributed by atoms with E-state index in [1.807, 2.05) is 6.07 Å². The van der Waals surface area contributed by atoms with E-state index in [1.165, 1.54) is 0 Å². The van der Waals surface area contributed by atoms with E-state index >= 15 is 0 Å². The molecule has 1 aliphatic rings. The quantitative estimate of drug-likeness (QED) is 0.815. The zero-order valence-electron chi connectivity index (χ0n) is 10.6. The zero-order chi connectivity index (χ0) is 14.8. The molecule has 0 saturated heterocycles. The van der Waals surface area contributed by atoms with Crippen LogP contribution in [0.4, 0.5) is 0 Å². The maximum Gasteiger partial charge on any atom is 0.326 e. The number of hydrogen-bond donors (Lipinski definition) is 2. The molecular formula is C13H14N2O4S. The fourth-order valence-corrected chi connectivity index (χ4v) is 3.69. The Morgan fingerprint density at radius 1 is 1.40 bits per heavy atom. The van der Waals surface area contributed by atoms with Gasteiger partial charge in [0, 0.05) is 0 Å². The highest BCUT2D eigenvalue weighted by atomic mass is 32.2. The van der Waals surface area contributed by atoms with Crippen LogP contribution in [0.3, 0.4) is 0 Å². The number of carboxylic acids is 1. The van der Waals surface area contributed by atoms with E-state index in [0.717, 1.165) is 0 Å². The standard InChI is InChI=1S/C13H14N2O4S/c14-8-13(6-7-13)9-20(18,19)15-11(12(16)17)10-4-2-1-3-5-10/h1-5,11,15H,6-7,9H2,(H,16,17)/t11-/m1/s1. The second-order valence-corrected chi connectivity index (χ2v) is 6.70. The van der Waals surface area contributed by atoms with Gasteiger partial charge >= 0.3 is 5.97 Å². The number of benzene rings is 1. The van der Waals surface area contributed by atoms with Crippen molar-refractivity contribution < 1.29 is 18.3 Å². The molecule has 0 amide bonds. The first-order chi connectivity index (χ1) is 9.37. The molecule has 0 aliphatic heterocycles. The molecule has 1 aliphatic carbocycles. The van der Waals surface area contributed by atoms with Crippen molar-refractivity contribution in [2.75, 3.05) is 5.75 Å². The van der Waals surface area contributed by atoms with Gasteiger partial charge in [-0.25, -0.2) is 8.42 Å². The van der Waals surface area contributed by atoms with Gasteiger partial charge in [0.15, 0.2) is 0 Å². The SMILES string of the molecule is N#CC1(CS(=O)(=O)N[C@@H](C(=O)O)c2ccccc2)CC1. The monoisotopic (exact) mass is 294 g/mol. The maximum absolute atomic E-state index is 12.0. The Morgan fingerprint density at radius 3 is 2.45 bits per heavy atom. The summed E-state index contributed by atoms with van der Waals surface area (Å²) in [6.07, 6.45) is 1.07. The van der Waals surface area contributed by atoms with Gasteiger partial charge in [0.1, 0.15) is 6.04 Å². The molecule has 20 heavy (non-hydrogen) atoms. The largest absolute Gasteiger partial charge is 0.480 e. The molecular weight excluding hydrogens is 280 g/mol. The van der Waals surface area contributed by atoms with E-state index in [9.17, 15) is 13.2 Å². The Bertz CT molecular complexity index is 645. The molecule has 0 unspecified atom stereocenters. The summed E-state index contributed by atoms with van der Waals surface area (Å²) in [5, 5.41) is 18.1. The molecule has 1 aromatic carbocycles. The molecule has 1 saturated carbocycles. The lowest BCUT2D eigenvalue weighted by Crippen LogP contribution is -2.37. The molecule has 6 nitrogen and oxygen atoms in total. The average Bonchev–Trinajstić information content (AvgIpc) is 3.16. The molecule has 1 aromatic rings. The van der Waals surface area contributed by atoms with Crippen LogP contribution < -0.4 is 4.72 Å². The lowest BCUT2D eigenvalue weighted by molar-refractivity contribution is -0.139. The van der Waals surface area contributed by atoms with Crippen molar-refractivity contribution in [1.82, 2.24) is 4.72 Å². The predicted molar refractivity (Wildman–Crippen MR) is 71.0 cm³/mol. The van der Waals surface area contributed by atoms with Crippen molar-refractivity contribution >= 4 is 16.0 Å². The minimum atomic E-state index is -3.83. The van der Waals surface area contributed by atoms with E-state index in [4.69, 9.17) is 10.4 Å². The van der Waals surface area contributed by atoms with Gasteiger partial charge in [-0.05, 0) is 18.4 Å². The predicted octanol–water partition coefficient (Wildman–Crippen LogP) is 1.04. The molecule has 0 spiro atoms. The number of sulfonamides is 1. The third kappa shape index (κ3) is 3.35. The second kappa shape index (κ2) is 5.23. The van der Waals surface area contributed by atoms with Crippen LogP contribution in [-0.2, 0) is 14.8 Å². The van der Waals surface area contributed by atoms with Gasteiger partial charge in [-0.2, -0.15) is 9.98 Å². The number of hydrogen-bond acceptors (Lipinski definition) is 4. The molecule has 2 N–H and O–H groups in total. The van der Waals surface area contributed by atoms with Crippen molar-refractivity contribution in [1.29, 1.82) is 5.26 Å². The second-order valence-electron chi connectivity index (χ2n) is 4.95. The van der Waals surface area contributed by atoms with Gasteiger partial charge in [0.05, 0.1) is 17.2 Å². The zero-order valence-corrected chi connectivity index (χ0v) is 11.4. The van der Waals surface area contributed by atoms with Crippen LogP contribution in [0.1, 0.15) is 24.4 Å². The summed E-state index contributed by atoms with van der Waals surface area (Å²) >= 11 is 0. The molecule has 0 radical (unpaired) electrons.